The number of nitrogens with two attached hydrogens (primary N) is 2. The zero-order valence-corrected chi connectivity index (χ0v) is 17.0. The lowest BCUT2D eigenvalue weighted by Crippen LogP contribution is -2.06. The van der Waals surface area contributed by atoms with E-state index in [1.165, 1.54) is 11.8 Å². The standard InChI is InChI=1S/C19H17ClN8S/c1-11-3-2-4-14(9-11)28-16(12-5-7-13(20)8-6-12)26-27-19(28)29-10-15-23-17(21)25-18(22)24-15/h2-9H,10H2,1H3,(H4,21,22,23,24,25). The fourth-order valence-corrected chi connectivity index (χ4v) is 3.73. The molecule has 0 atom stereocenters. The Bertz CT molecular complexity index is 1140. The fourth-order valence-electron chi connectivity index (χ4n) is 2.80. The van der Waals surface area contributed by atoms with Crippen molar-refractivity contribution in [3.63, 3.8) is 0 Å². The number of rotatable bonds is 5. The van der Waals surface area contributed by atoms with Crippen molar-refractivity contribution >= 4 is 35.3 Å². The molecule has 0 aliphatic rings. The van der Waals surface area contributed by atoms with E-state index in [1.54, 1.807) is 0 Å². The molecule has 0 saturated heterocycles. The fraction of sp³-hybridized carbons (Fsp3) is 0.105. The molecule has 0 radical (unpaired) electrons. The van der Waals surface area contributed by atoms with Gasteiger partial charge in [0.15, 0.2) is 11.0 Å². The Kier molecular flexibility index (Phi) is 5.32. The van der Waals surface area contributed by atoms with Crippen LogP contribution < -0.4 is 11.5 Å². The van der Waals surface area contributed by atoms with Crippen LogP contribution in [0.1, 0.15) is 11.4 Å². The maximum Gasteiger partial charge on any atom is 0.225 e. The van der Waals surface area contributed by atoms with E-state index in [0.29, 0.717) is 27.6 Å². The van der Waals surface area contributed by atoms with Crippen molar-refractivity contribution in [2.24, 2.45) is 0 Å². The van der Waals surface area contributed by atoms with Gasteiger partial charge in [0, 0.05) is 16.3 Å². The Morgan fingerprint density at radius 1 is 0.966 bits per heavy atom. The summed E-state index contributed by atoms with van der Waals surface area (Å²) >= 11 is 7.47. The quantitative estimate of drug-likeness (QED) is 0.466. The van der Waals surface area contributed by atoms with Gasteiger partial charge in [0.1, 0.15) is 5.82 Å². The topological polar surface area (TPSA) is 121 Å². The van der Waals surface area contributed by atoms with Crippen molar-refractivity contribution in [1.29, 1.82) is 0 Å². The predicted molar refractivity (Wildman–Crippen MR) is 115 cm³/mol. The Morgan fingerprint density at radius 2 is 1.69 bits per heavy atom. The minimum atomic E-state index is 0.0927. The van der Waals surface area contributed by atoms with E-state index in [9.17, 15) is 0 Å². The summed E-state index contributed by atoms with van der Waals surface area (Å²) in [6, 6.07) is 15.6. The first-order valence-electron chi connectivity index (χ1n) is 8.67. The molecule has 4 N–H and O–H groups in total. The van der Waals surface area contributed by atoms with Gasteiger partial charge >= 0.3 is 0 Å². The Hall–Kier alpha value is -3.17. The van der Waals surface area contributed by atoms with Gasteiger partial charge in [0.05, 0.1) is 5.75 Å². The molecule has 0 bridgehead atoms. The first kappa shape index (κ1) is 19.2. The summed E-state index contributed by atoms with van der Waals surface area (Å²) in [5.41, 5.74) is 14.3. The molecule has 4 aromatic rings. The number of hydrogen-bond donors (Lipinski definition) is 2. The lowest BCUT2D eigenvalue weighted by atomic mass is 10.2. The van der Waals surface area contributed by atoms with Crippen molar-refractivity contribution in [1.82, 2.24) is 29.7 Å². The Morgan fingerprint density at radius 3 is 2.38 bits per heavy atom. The van der Waals surface area contributed by atoms with Gasteiger partial charge in [-0.2, -0.15) is 15.0 Å². The number of halogens is 1. The van der Waals surface area contributed by atoms with Gasteiger partial charge in [0.25, 0.3) is 0 Å². The van der Waals surface area contributed by atoms with Gasteiger partial charge in [-0.3, -0.25) is 4.57 Å². The molecule has 4 rings (SSSR count). The average Bonchev–Trinajstić information content (AvgIpc) is 3.10. The van der Waals surface area contributed by atoms with Crippen LogP contribution in [0.2, 0.25) is 5.02 Å². The second kappa shape index (κ2) is 8.06. The van der Waals surface area contributed by atoms with Gasteiger partial charge in [-0.25, -0.2) is 0 Å². The summed E-state index contributed by atoms with van der Waals surface area (Å²) in [5.74, 6) is 1.79. The van der Waals surface area contributed by atoms with Crippen molar-refractivity contribution in [2.75, 3.05) is 11.5 Å². The summed E-state index contributed by atoms with van der Waals surface area (Å²) in [7, 11) is 0. The van der Waals surface area contributed by atoms with E-state index in [4.69, 9.17) is 23.1 Å². The Labute approximate surface area is 176 Å². The van der Waals surface area contributed by atoms with E-state index in [1.807, 2.05) is 54.0 Å². The average molecular weight is 425 g/mol. The molecule has 2 aromatic carbocycles. The minimum absolute atomic E-state index is 0.0927. The number of aryl methyl sites for hydroxylation is 1. The van der Waals surface area contributed by atoms with Crippen LogP contribution in [0.4, 0.5) is 11.9 Å². The van der Waals surface area contributed by atoms with Crippen LogP contribution >= 0.6 is 23.4 Å². The maximum absolute atomic E-state index is 6.04. The molecule has 10 heteroatoms. The molecular weight excluding hydrogens is 408 g/mol. The van der Waals surface area contributed by atoms with Crippen molar-refractivity contribution in [3.05, 3.63) is 64.9 Å². The summed E-state index contributed by atoms with van der Waals surface area (Å²) in [6.45, 7) is 2.04. The maximum atomic E-state index is 6.04. The molecule has 0 amide bonds. The first-order chi connectivity index (χ1) is 14.0. The largest absolute Gasteiger partial charge is 0.368 e. The highest BCUT2D eigenvalue weighted by atomic mass is 35.5. The number of hydrogen-bond acceptors (Lipinski definition) is 8. The number of anilines is 2. The molecule has 2 heterocycles. The van der Waals surface area contributed by atoms with Gasteiger partial charge in [-0.05, 0) is 48.9 Å². The molecule has 146 valence electrons. The lowest BCUT2D eigenvalue weighted by Gasteiger charge is -2.11. The molecular formula is C19H17ClN8S. The third-order valence-electron chi connectivity index (χ3n) is 4.04. The molecule has 0 aliphatic carbocycles. The molecule has 0 fully saturated rings. The van der Waals surface area contributed by atoms with E-state index in [2.05, 4.69) is 31.2 Å². The highest BCUT2D eigenvalue weighted by Gasteiger charge is 2.17. The smallest absolute Gasteiger partial charge is 0.225 e. The lowest BCUT2D eigenvalue weighted by molar-refractivity contribution is 0.881. The summed E-state index contributed by atoms with van der Waals surface area (Å²) in [4.78, 5) is 12.0. The van der Waals surface area contributed by atoms with E-state index in [0.717, 1.165) is 16.8 Å². The third kappa shape index (κ3) is 4.30. The van der Waals surface area contributed by atoms with Gasteiger partial charge in [-0.1, -0.05) is 35.5 Å². The summed E-state index contributed by atoms with van der Waals surface area (Å²) in [5, 5.41) is 10.2. The monoisotopic (exact) mass is 424 g/mol. The summed E-state index contributed by atoms with van der Waals surface area (Å²) < 4.78 is 1.99. The number of nitrogen functional groups attached to an aromatic ring is 2. The van der Waals surface area contributed by atoms with Crippen LogP contribution in [0.15, 0.2) is 53.7 Å². The van der Waals surface area contributed by atoms with Crippen LogP contribution in [0.25, 0.3) is 17.1 Å². The molecule has 29 heavy (non-hydrogen) atoms. The van der Waals surface area contributed by atoms with Crippen molar-refractivity contribution in [2.45, 2.75) is 17.8 Å². The third-order valence-corrected chi connectivity index (χ3v) is 5.22. The van der Waals surface area contributed by atoms with E-state index < -0.39 is 0 Å². The zero-order valence-electron chi connectivity index (χ0n) is 15.5. The zero-order chi connectivity index (χ0) is 20.4. The van der Waals surface area contributed by atoms with Crippen LogP contribution in [-0.2, 0) is 5.75 Å². The van der Waals surface area contributed by atoms with Gasteiger partial charge < -0.3 is 11.5 Å². The summed E-state index contributed by atoms with van der Waals surface area (Å²) in [6.07, 6.45) is 0. The Balaban J connectivity index is 1.74. The SMILES string of the molecule is Cc1cccc(-n2c(SCc3nc(N)nc(N)n3)nnc2-c2ccc(Cl)cc2)c1. The highest BCUT2D eigenvalue weighted by molar-refractivity contribution is 7.98. The number of aromatic nitrogens is 6. The van der Waals surface area contributed by atoms with Crippen LogP contribution in [0, 0.1) is 6.92 Å². The first-order valence-corrected chi connectivity index (χ1v) is 10.0. The van der Waals surface area contributed by atoms with E-state index >= 15 is 0 Å². The number of nitrogens with zero attached hydrogens (tertiary/aromatic N) is 6. The molecule has 0 saturated carbocycles. The second-order valence-electron chi connectivity index (χ2n) is 6.24. The number of benzene rings is 2. The van der Waals surface area contributed by atoms with Crippen molar-refractivity contribution < 1.29 is 0 Å². The normalized spacial score (nSPS) is 11.0. The molecule has 8 nitrogen and oxygen atoms in total. The van der Waals surface area contributed by atoms with Gasteiger partial charge in [0.2, 0.25) is 11.9 Å². The number of thioether (sulfide) groups is 1. The van der Waals surface area contributed by atoms with Crippen molar-refractivity contribution in [3.8, 4) is 17.1 Å². The predicted octanol–water partition coefficient (Wildman–Crippen LogP) is 3.54. The molecule has 2 aromatic heterocycles. The highest BCUT2D eigenvalue weighted by Crippen LogP contribution is 2.30. The second-order valence-corrected chi connectivity index (χ2v) is 7.62. The van der Waals surface area contributed by atoms with Crippen LogP contribution in [0.3, 0.4) is 0 Å². The van der Waals surface area contributed by atoms with Gasteiger partial charge in [-0.15, -0.1) is 10.2 Å². The van der Waals surface area contributed by atoms with Crippen LogP contribution in [-0.4, -0.2) is 29.7 Å². The van der Waals surface area contributed by atoms with Crippen LogP contribution in [0.5, 0.6) is 0 Å². The molecule has 0 aliphatic heterocycles. The minimum Gasteiger partial charge on any atom is -0.368 e. The molecule has 0 spiro atoms. The molecule has 0 unspecified atom stereocenters. The van der Waals surface area contributed by atoms with E-state index in [-0.39, 0.29) is 11.9 Å².